The molecule has 1 aromatic heterocycles. The van der Waals surface area contributed by atoms with Gasteiger partial charge in [0.15, 0.2) is 22.8 Å². The summed E-state index contributed by atoms with van der Waals surface area (Å²) >= 11 is 0. The van der Waals surface area contributed by atoms with Gasteiger partial charge >= 0.3 is 0 Å². The van der Waals surface area contributed by atoms with Crippen LogP contribution in [0.25, 0.3) is 10.9 Å². The molecule has 0 saturated heterocycles. The highest BCUT2D eigenvalue weighted by Gasteiger charge is 2.11. The molecule has 2 rings (SSSR count). The smallest absolute Gasteiger partial charge is 0.200 e. The van der Waals surface area contributed by atoms with Gasteiger partial charge in [0, 0.05) is 17.6 Å². The van der Waals surface area contributed by atoms with E-state index in [2.05, 4.69) is 4.98 Å². The van der Waals surface area contributed by atoms with Crippen LogP contribution in [0.2, 0.25) is 0 Å². The number of hydrogen-bond acceptors (Lipinski definition) is 2. The van der Waals surface area contributed by atoms with E-state index in [0.29, 0.717) is 0 Å². The zero-order chi connectivity index (χ0) is 11.9. The fourth-order valence-electron chi connectivity index (χ4n) is 1.48. The van der Waals surface area contributed by atoms with Crippen LogP contribution in [0, 0.1) is 11.6 Å². The molecule has 0 radical (unpaired) electrons. The summed E-state index contributed by atoms with van der Waals surface area (Å²) in [6.07, 6.45) is 1.20. The van der Waals surface area contributed by atoms with E-state index in [0.717, 1.165) is 12.1 Å². The van der Waals surface area contributed by atoms with Gasteiger partial charge in [-0.15, -0.1) is 0 Å². The second kappa shape index (κ2) is 3.52. The van der Waals surface area contributed by atoms with Gasteiger partial charge in [0.05, 0.1) is 11.1 Å². The zero-order valence-electron chi connectivity index (χ0n) is 8.30. The van der Waals surface area contributed by atoms with Gasteiger partial charge in [-0.2, -0.15) is 0 Å². The number of Topliss-reactive ketones (excluding diaryl/α,β-unsaturated/α-hetero) is 1. The number of benzene rings is 1. The number of rotatable bonds is 1. The predicted octanol–water partition coefficient (Wildman–Crippen LogP) is 2.01. The zero-order valence-corrected chi connectivity index (χ0v) is 8.30. The highest BCUT2D eigenvalue weighted by Crippen LogP contribution is 2.14. The van der Waals surface area contributed by atoms with Gasteiger partial charge in [0.25, 0.3) is 0 Å². The third-order valence-electron chi connectivity index (χ3n) is 2.30. The van der Waals surface area contributed by atoms with Gasteiger partial charge in [-0.05, 0) is 13.0 Å². The normalized spacial score (nSPS) is 10.7. The number of pyridine rings is 1. The number of carbonyl (C=O) groups is 1. The first-order valence-electron chi connectivity index (χ1n) is 4.52. The average molecular weight is 223 g/mol. The molecule has 0 fully saturated rings. The first-order chi connectivity index (χ1) is 7.50. The Morgan fingerprint density at radius 1 is 1.25 bits per heavy atom. The Morgan fingerprint density at radius 3 is 2.50 bits per heavy atom. The van der Waals surface area contributed by atoms with Crippen molar-refractivity contribution >= 4 is 16.7 Å². The molecule has 1 N–H and O–H groups in total. The monoisotopic (exact) mass is 223 g/mol. The molecule has 1 aromatic carbocycles. The third-order valence-corrected chi connectivity index (χ3v) is 2.30. The quantitative estimate of drug-likeness (QED) is 0.752. The minimum absolute atomic E-state index is 0.0356. The molecule has 16 heavy (non-hydrogen) atoms. The molecule has 0 aliphatic carbocycles. The molecule has 0 bridgehead atoms. The van der Waals surface area contributed by atoms with Crippen molar-refractivity contribution in [3.8, 4) is 0 Å². The summed E-state index contributed by atoms with van der Waals surface area (Å²) in [7, 11) is 0. The summed E-state index contributed by atoms with van der Waals surface area (Å²) in [6, 6.07) is 1.67. The second-order valence-electron chi connectivity index (χ2n) is 3.40. The summed E-state index contributed by atoms with van der Waals surface area (Å²) in [6.45, 7) is 1.23. The molecule has 82 valence electrons. The average Bonchev–Trinajstić information content (AvgIpc) is 2.21. The Balaban J connectivity index is 2.90. The first-order valence-corrected chi connectivity index (χ1v) is 4.52. The Bertz CT molecular complexity index is 646. The van der Waals surface area contributed by atoms with Crippen LogP contribution in [0.15, 0.2) is 23.1 Å². The number of aromatic nitrogens is 1. The largest absolute Gasteiger partial charge is 0.360 e. The van der Waals surface area contributed by atoms with Crippen molar-refractivity contribution < 1.29 is 13.6 Å². The van der Waals surface area contributed by atoms with Crippen molar-refractivity contribution in [2.75, 3.05) is 0 Å². The molecule has 0 saturated carbocycles. The van der Waals surface area contributed by atoms with E-state index in [1.165, 1.54) is 13.1 Å². The summed E-state index contributed by atoms with van der Waals surface area (Å²) < 4.78 is 25.8. The van der Waals surface area contributed by atoms with Gasteiger partial charge in [-0.25, -0.2) is 8.78 Å². The summed E-state index contributed by atoms with van der Waals surface area (Å²) in [4.78, 5) is 25.4. The number of aromatic amines is 1. The highest BCUT2D eigenvalue weighted by atomic mass is 19.2. The van der Waals surface area contributed by atoms with E-state index in [4.69, 9.17) is 0 Å². The number of nitrogens with one attached hydrogen (secondary N) is 1. The fourth-order valence-corrected chi connectivity index (χ4v) is 1.48. The molecule has 5 heteroatoms. The van der Waals surface area contributed by atoms with Gasteiger partial charge in [0.2, 0.25) is 0 Å². The van der Waals surface area contributed by atoms with E-state index < -0.39 is 22.8 Å². The lowest BCUT2D eigenvalue weighted by molar-refractivity contribution is 0.101. The van der Waals surface area contributed by atoms with E-state index in [1.807, 2.05) is 0 Å². The molecule has 2 aromatic rings. The molecule has 0 spiro atoms. The highest BCUT2D eigenvalue weighted by molar-refractivity contribution is 5.96. The van der Waals surface area contributed by atoms with Crippen LogP contribution in [0.5, 0.6) is 0 Å². The summed E-state index contributed by atoms with van der Waals surface area (Å²) in [5, 5.41) is -0.0356. The first kappa shape index (κ1) is 10.5. The lowest BCUT2D eigenvalue weighted by Gasteiger charge is -2.01. The molecule has 0 aliphatic heterocycles. The molecular formula is C11H7F2NO2. The number of hydrogen-bond donors (Lipinski definition) is 1. The van der Waals surface area contributed by atoms with Gasteiger partial charge in [0.1, 0.15) is 0 Å². The number of fused-ring (bicyclic) bond motifs is 1. The van der Waals surface area contributed by atoms with Crippen molar-refractivity contribution in [3.05, 3.63) is 45.8 Å². The van der Waals surface area contributed by atoms with Crippen LogP contribution < -0.4 is 5.43 Å². The Hall–Kier alpha value is -2.04. The maximum Gasteiger partial charge on any atom is 0.200 e. The van der Waals surface area contributed by atoms with E-state index in [1.54, 1.807) is 0 Å². The summed E-state index contributed by atoms with van der Waals surface area (Å²) in [5.41, 5.74) is -0.507. The van der Waals surface area contributed by atoms with Crippen molar-refractivity contribution in [2.24, 2.45) is 0 Å². The fraction of sp³-hybridized carbons (Fsp3) is 0.0909. The lowest BCUT2D eigenvalue weighted by Crippen LogP contribution is -2.14. The Morgan fingerprint density at radius 2 is 1.88 bits per heavy atom. The summed E-state index contributed by atoms with van der Waals surface area (Å²) in [5.74, 6) is -2.58. The van der Waals surface area contributed by atoms with Crippen LogP contribution in [0.1, 0.15) is 17.3 Å². The Labute approximate surface area is 88.7 Å². The maximum atomic E-state index is 12.9. The molecule has 0 aliphatic rings. The molecule has 0 amide bonds. The SMILES string of the molecule is CC(=O)c1c[nH]c2cc(F)c(F)cc2c1=O. The Kier molecular flexibility index (Phi) is 2.30. The van der Waals surface area contributed by atoms with Crippen molar-refractivity contribution in [2.45, 2.75) is 6.92 Å². The van der Waals surface area contributed by atoms with Gasteiger partial charge in [-0.3, -0.25) is 9.59 Å². The van der Waals surface area contributed by atoms with Crippen LogP contribution >= 0.6 is 0 Å². The molecule has 0 atom stereocenters. The van der Waals surface area contributed by atoms with Gasteiger partial charge in [-0.1, -0.05) is 0 Å². The van der Waals surface area contributed by atoms with Crippen LogP contribution in [0.3, 0.4) is 0 Å². The van der Waals surface area contributed by atoms with E-state index in [9.17, 15) is 18.4 Å². The van der Waals surface area contributed by atoms with E-state index in [-0.39, 0.29) is 16.5 Å². The molecule has 3 nitrogen and oxygen atoms in total. The maximum absolute atomic E-state index is 12.9. The van der Waals surface area contributed by atoms with Gasteiger partial charge < -0.3 is 4.98 Å². The van der Waals surface area contributed by atoms with Crippen molar-refractivity contribution in [1.82, 2.24) is 4.98 Å². The van der Waals surface area contributed by atoms with Crippen molar-refractivity contribution in [3.63, 3.8) is 0 Å². The topological polar surface area (TPSA) is 49.9 Å². The van der Waals surface area contributed by atoms with E-state index >= 15 is 0 Å². The third kappa shape index (κ3) is 1.50. The van der Waals surface area contributed by atoms with Crippen molar-refractivity contribution in [1.29, 1.82) is 0 Å². The number of carbonyl (C=O) groups excluding carboxylic acids is 1. The predicted molar refractivity (Wildman–Crippen MR) is 54.5 cm³/mol. The second-order valence-corrected chi connectivity index (χ2v) is 3.40. The van der Waals surface area contributed by atoms with Crippen LogP contribution in [-0.2, 0) is 0 Å². The number of ketones is 1. The lowest BCUT2D eigenvalue weighted by atomic mass is 10.1. The number of H-pyrrole nitrogens is 1. The molecular weight excluding hydrogens is 216 g/mol. The molecule has 1 heterocycles. The number of halogens is 2. The minimum atomic E-state index is -1.11. The molecule has 0 unspecified atom stereocenters. The minimum Gasteiger partial charge on any atom is -0.360 e. The van der Waals surface area contributed by atoms with Crippen LogP contribution in [0.4, 0.5) is 8.78 Å². The van der Waals surface area contributed by atoms with Crippen LogP contribution in [-0.4, -0.2) is 10.8 Å². The standard InChI is InChI=1S/C11H7F2NO2/c1-5(15)7-4-14-10-3-9(13)8(12)2-6(10)11(7)16/h2-4H,1H3,(H,14,16).